The van der Waals surface area contributed by atoms with Crippen molar-refractivity contribution in [1.82, 2.24) is 9.55 Å². The average Bonchev–Trinajstić information content (AvgIpc) is 2.98. The zero-order chi connectivity index (χ0) is 18.7. The summed E-state index contributed by atoms with van der Waals surface area (Å²) in [7, 11) is 1.73. The molecule has 26 heavy (non-hydrogen) atoms. The monoisotopic (exact) mass is 350 g/mol. The van der Waals surface area contributed by atoms with Gasteiger partial charge in [0.05, 0.1) is 11.0 Å². The molecule has 0 saturated heterocycles. The summed E-state index contributed by atoms with van der Waals surface area (Å²) < 4.78 is 1.99. The number of hydrogen-bond acceptors (Lipinski definition) is 3. The number of rotatable bonds is 5. The van der Waals surface area contributed by atoms with Crippen LogP contribution in [0.2, 0.25) is 0 Å². The summed E-state index contributed by atoms with van der Waals surface area (Å²) >= 11 is 0. The van der Waals surface area contributed by atoms with Crippen LogP contribution in [0.1, 0.15) is 30.6 Å². The molecule has 1 aromatic heterocycles. The van der Waals surface area contributed by atoms with Crippen LogP contribution in [0, 0.1) is 0 Å². The Balaban J connectivity index is 1.99. The Morgan fingerprint density at radius 3 is 2.54 bits per heavy atom. The summed E-state index contributed by atoms with van der Waals surface area (Å²) in [6, 6.07) is 14.7. The van der Waals surface area contributed by atoms with Crippen LogP contribution in [-0.4, -0.2) is 28.4 Å². The first kappa shape index (κ1) is 17.7. The molecule has 6 heteroatoms. The second kappa shape index (κ2) is 7.39. The number of amides is 2. The van der Waals surface area contributed by atoms with Gasteiger partial charge in [0.2, 0.25) is 11.9 Å². The predicted molar refractivity (Wildman–Crippen MR) is 104 cm³/mol. The topological polar surface area (TPSA) is 67.2 Å². The number of aromatic nitrogens is 2. The predicted octanol–water partition coefficient (Wildman–Crippen LogP) is 3.68. The van der Waals surface area contributed by atoms with Gasteiger partial charge < -0.3 is 9.47 Å². The molecule has 0 atom stereocenters. The fraction of sp³-hybridized carbons (Fsp3) is 0.250. The van der Waals surface area contributed by atoms with Gasteiger partial charge in [0.25, 0.3) is 5.91 Å². The molecule has 0 spiro atoms. The van der Waals surface area contributed by atoms with E-state index in [2.05, 4.69) is 17.2 Å². The van der Waals surface area contributed by atoms with Crippen molar-refractivity contribution in [3.8, 4) is 0 Å². The third kappa shape index (κ3) is 3.44. The molecule has 1 heterocycles. The number of hydrogen-bond donors (Lipinski definition) is 1. The minimum Gasteiger partial charge on any atom is -0.316 e. The summed E-state index contributed by atoms with van der Waals surface area (Å²) in [5.41, 5.74) is 3.02. The van der Waals surface area contributed by atoms with Crippen LogP contribution < -0.4 is 10.2 Å². The number of imidazole rings is 1. The van der Waals surface area contributed by atoms with Crippen molar-refractivity contribution in [1.29, 1.82) is 0 Å². The van der Waals surface area contributed by atoms with Gasteiger partial charge in [-0.05, 0) is 36.8 Å². The zero-order valence-corrected chi connectivity index (χ0v) is 15.2. The van der Waals surface area contributed by atoms with E-state index in [1.807, 2.05) is 41.0 Å². The van der Waals surface area contributed by atoms with Crippen LogP contribution in [0.5, 0.6) is 0 Å². The molecule has 0 saturated carbocycles. The summed E-state index contributed by atoms with van der Waals surface area (Å²) in [6.07, 6.45) is 0.911. The fourth-order valence-electron chi connectivity index (χ4n) is 2.82. The van der Waals surface area contributed by atoms with Crippen molar-refractivity contribution in [2.45, 2.75) is 26.8 Å². The lowest BCUT2D eigenvalue weighted by Crippen LogP contribution is -2.22. The minimum atomic E-state index is -0.195. The summed E-state index contributed by atoms with van der Waals surface area (Å²) in [4.78, 5) is 30.3. The molecule has 2 amide bonds. The van der Waals surface area contributed by atoms with Crippen molar-refractivity contribution in [3.05, 3.63) is 54.1 Å². The molecular formula is C20H22N4O2. The Kier molecular flexibility index (Phi) is 5.02. The van der Waals surface area contributed by atoms with Gasteiger partial charge in [0.15, 0.2) is 0 Å². The third-order valence-corrected chi connectivity index (χ3v) is 4.30. The molecular weight excluding hydrogens is 328 g/mol. The van der Waals surface area contributed by atoms with E-state index in [1.165, 1.54) is 6.92 Å². The van der Waals surface area contributed by atoms with Crippen molar-refractivity contribution >= 4 is 34.5 Å². The zero-order valence-electron chi connectivity index (χ0n) is 15.2. The lowest BCUT2D eigenvalue weighted by atomic mass is 10.2. The average molecular weight is 350 g/mol. The molecule has 0 aliphatic heterocycles. The van der Waals surface area contributed by atoms with Crippen LogP contribution in [-0.2, 0) is 11.3 Å². The maximum absolute atomic E-state index is 12.5. The highest BCUT2D eigenvalue weighted by Gasteiger charge is 2.15. The Bertz CT molecular complexity index is 947. The molecule has 0 fully saturated rings. The van der Waals surface area contributed by atoms with E-state index in [4.69, 9.17) is 0 Å². The molecule has 1 N–H and O–H groups in total. The molecule has 0 unspecified atom stereocenters. The van der Waals surface area contributed by atoms with Crippen LogP contribution in [0.3, 0.4) is 0 Å². The van der Waals surface area contributed by atoms with Crippen LogP contribution in [0.25, 0.3) is 11.0 Å². The molecule has 0 aliphatic carbocycles. The SMILES string of the molecule is CCCn1c(NC(=O)c2ccccc2)nc2cc(N(C)C(C)=O)ccc21. The lowest BCUT2D eigenvalue weighted by molar-refractivity contribution is -0.116. The quantitative estimate of drug-likeness (QED) is 0.763. The number of carbonyl (C=O) groups is 2. The van der Waals surface area contributed by atoms with Gasteiger partial charge in [0.1, 0.15) is 0 Å². The number of nitrogens with one attached hydrogen (secondary N) is 1. The molecule has 2 aromatic carbocycles. The van der Waals surface area contributed by atoms with Crippen molar-refractivity contribution in [3.63, 3.8) is 0 Å². The molecule has 0 bridgehead atoms. The van der Waals surface area contributed by atoms with E-state index < -0.39 is 0 Å². The van der Waals surface area contributed by atoms with Crippen LogP contribution in [0.4, 0.5) is 11.6 Å². The highest BCUT2D eigenvalue weighted by atomic mass is 16.2. The van der Waals surface area contributed by atoms with E-state index in [-0.39, 0.29) is 11.8 Å². The first-order chi connectivity index (χ1) is 12.5. The number of aryl methyl sites for hydroxylation is 1. The van der Waals surface area contributed by atoms with Crippen molar-refractivity contribution in [2.75, 3.05) is 17.3 Å². The maximum Gasteiger partial charge on any atom is 0.257 e. The molecule has 6 nitrogen and oxygen atoms in total. The summed E-state index contributed by atoms with van der Waals surface area (Å²) in [5.74, 6) is 0.271. The smallest absolute Gasteiger partial charge is 0.257 e. The largest absolute Gasteiger partial charge is 0.316 e. The Morgan fingerprint density at radius 1 is 1.15 bits per heavy atom. The second-order valence-corrected chi connectivity index (χ2v) is 6.16. The number of benzene rings is 2. The number of anilines is 2. The Labute approximate surface area is 152 Å². The molecule has 3 rings (SSSR count). The van der Waals surface area contributed by atoms with Crippen molar-refractivity contribution in [2.24, 2.45) is 0 Å². The first-order valence-electron chi connectivity index (χ1n) is 8.62. The lowest BCUT2D eigenvalue weighted by Gasteiger charge is -2.14. The number of carbonyl (C=O) groups excluding carboxylic acids is 2. The van der Waals surface area contributed by atoms with Crippen molar-refractivity contribution < 1.29 is 9.59 Å². The number of nitrogens with zero attached hydrogens (tertiary/aromatic N) is 3. The van der Waals surface area contributed by atoms with Crippen LogP contribution >= 0.6 is 0 Å². The highest BCUT2D eigenvalue weighted by molar-refractivity contribution is 6.04. The van der Waals surface area contributed by atoms with E-state index in [0.29, 0.717) is 11.5 Å². The Hall–Kier alpha value is -3.15. The van der Waals surface area contributed by atoms with Gasteiger partial charge in [-0.25, -0.2) is 4.98 Å². The van der Waals surface area contributed by atoms with E-state index >= 15 is 0 Å². The second-order valence-electron chi connectivity index (χ2n) is 6.16. The van der Waals surface area contributed by atoms with Gasteiger partial charge in [-0.1, -0.05) is 25.1 Å². The van der Waals surface area contributed by atoms with E-state index in [9.17, 15) is 9.59 Å². The highest BCUT2D eigenvalue weighted by Crippen LogP contribution is 2.25. The molecule has 0 radical (unpaired) electrons. The van der Waals surface area contributed by atoms with Gasteiger partial charge in [-0.3, -0.25) is 14.9 Å². The maximum atomic E-state index is 12.5. The summed E-state index contributed by atoms with van der Waals surface area (Å²) in [6.45, 7) is 4.33. The van der Waals surface area contributed by atoms with E-state index in [0.717, 1.165) is 29.7 Å². The van der Waals surface area contributed by atoms with Gasteiger partial charge in [-0.15, -0.1) is 0 Å². The van der Waals surface area contributed by atoms with E-state index in [1.54, 1.807) is 24.1 Å². The molecule has 3 aromatic rings. The standard InChI is InChI=1S/C20H22N4O2/c1-4-12-24-18-11-10-16(23(3)14(2)25)13-17(18)21-20(24)22-19(26)15-8-6-5-7-9-15/h5-11,13H,4,12H2,1-3H3,(H,21,22,26). The molecule has 134 valence electrons. The van der Waals surface area contributed by atoms with Gasteiger partial charge in [0, 0.05) is 31.8 Å². The summed E-state index contributed by atoms with van der Waals surface area (Å²) in [5, 5.41) is 2.90. The van der Waals surface area contributed by atoms with Crippen LogP contribution in [0.15, 0.2) is 48.5 Å². The first-order valence-corrected chi connectivity index (χ1v) is 8.62. The fourth-order valence-corrected chi connectivity index (χ4v) is 2.82. The van der Waals surface area contributed by atoms with Gasteiger partial charge >= 0.3 is 0 Å². The van der Waals surface area contributed by atoms with Gasteiger partial charge in [-0.2, -0.15) is 0 Å². The molecule has 0 aliphatic rings. The number of fused-ring (bicyclic) bond motifs is 1. The third-order valence-electron chi connectivity index (χ3n) is 4.30. The Morgan fingerprint density at radius 2 is 1.88 bits per heavy atom. The minimum absolute atomic E-state index is 0.0463. The normalized spacial score (nSPS) is 10.7.